The number of thiophene rings is 1. The largest absolute Gasteiger partial charge is 0.359 e. The summed E-state index contributed by atoms with van der Waals surface area (Å²) in [7, 11) is 0. The lowest BCUT2D eigenvalue weighted by Crippen LogP contribution is -2.49. The average Bonchev–Trinajstić information content (AvgIpc) is 3.13. The van der Waals surface area contributed by atoms with Gasteiger partial charge < -0.3 is 5.32 Å². The van der Waals surface area contributed by atoms with Gasteiger partial charge in [-0.3, -0.25) is 15.6 Å². The SMILES string of the molecule is C[C@@H]1CCc2sc(C(=O)NNC(=S)NC3CCCC3)cc2C1. The molecule has 1 fully saturated rings. The lowest BCUT2D eigenvalue weighted by atomic mass is 9.90. The molecule has 1 atom stereocenters. The Morgan fingerprint density at radius 1 is 1.27 bits per heavy atom. The molecule has 0 spiro atoms. The van der Waals surface area contributed by atoms with Gasteiger partial charge in [0.05, 0.1) is 4.88 Å². The molecule has 22 heavy (non-hydrogen) atoms. The van der Waals surface area contributed by atoms with E-state index in [2.05, 4.69) is 23.1 Å². The maximum atomic E-state index is 12.2. The van der Waals surface area contributed by atoms with E-state index >= 15 is 0 Å². The van der Waals surface area contributed by atoms with Crippen molar-refractivity contribution < 1.29 is 4.79 Å². The van der Waals surface area contributed by atoms with Gasteiger partial charge in [-0.2, -0.15) is 0 Å². The molecule has 1 heterocycles. The van der Waals surface area contributed by atoms with Crippen molar-refractivity contribution in [1.29, 1.82) is 0 Å². The maximum Gasteiger partial charge on any atom is 0.279 e. The van der Waals surface area contributed by atoms with Crippen molar-refractivity contribution in [3.8, 4) is 0 Å². The fraction of sp³-hybridized carbons (Fsp3) is 0.625. The molecule has 0 bridgehead atoms. The van der Waals surface area contributed by atoms with E-state index in [0.29, 0.717) is 11.2 Å². The lowest BCUT2D eigenvalue weighted by molar-refractivity contribution is 0.0947. The number of aryl methyl sites for hydroxylation is 1. The highest BCUT2D eigenvalue weighted by atomic mass is 32.1. The van der Waals surface area contributed by atoms with Crippen LogP contribution in [0.4, 0.5) is 0 Å². The number of hydrogen-bond donors (Lipinski definition) is 3. The monoisotopic (exact) mass is 337 g/mol. The predicted molar refractivity (Wildman–Crippen MR) is 94.1 cm³/mol. The first-order valence-electron chi connectivity index (χ1n) is 8.10. The van der Waals surface area contributed by atoms with Crippen LogP contribution in [0.15, 0.2) is 6.07 Å². The van der Waals surface area contributed by atoms with Gasteiger partial charge in [0, 0.05) is 10.9 Å². The summed E-state index contributed by atoms with van der Waals surface area (Å²) in [4.78, 5) is 14.4. The number of thiocarbonyl (C=S) groups is 1. The zero-order valence-corrected chi connectivity index (χ0v) is 14.5. The number of carbonyl (C=O) groups excluding carboxylic acids is 1. The Morgan fingerprint density at radius 3 is 2.82 bits per heavy atom. The Kier molecular flexibility index (Phi) is 4.98. The van der Waals surface area contributed by atoms with Crippen LogP contribution < -0.4 is 16.2 Å². The van der Waals surface area contributed by atoms with Gasteiger partial charge in [0.15, 0.2) is 5.11 Å². The fourth-order valence-corrected chi connectivity index (χ4v) is 4.61. The highest BCUT2D eigenvalue weighted by Gasteiger charge is 2.21. The summed E-state index contributed by atoms with van der Waals surface area (Å²) in [5.41, 5.74) is 6.88. The third kappa shape index (κ3) is 3.79. The Balaban J connectivity index is 1.50. The Hall–Kier alpha value is -1.14. The molecule has 6 heteroatoms. The van der Waals surface area contributed by atoms with Crippen molar-refractivity contribution in [3.63, 3.8) is 0 Å². The van der Waals surface area contributed by atoms with Gasteiger partial charge in [0.1, 0.15) is 0 Å². The van der Waals surface area contributed by atoms with E-state index in [-0.39, 0.29) is 5.91 Å². The number of hydrogen-bond acceptors (Lipinski definition) is 3. The van der Waals surface area contributed by atoms with Gasteiger partial charge in [-0.25, -0.2) is 0 Å². The second-order valence-electron chi connectivity index (χ2n) is 6.44. The average molecular weight is 338 g/mol. The molecule has 3 N–H and O–H groups in total. The van der Waals surface area contributed by atoms with Crippen LogP contribution in [0.1, 0.15) is 59.1 Å². The topological polar surface area (TPSA) is 53.2 Å². The lowest BCUT2D eigenvalue weighted by Gasteiger charge is -2.16. The van der Waals surface area contributed by atoms with Crippen molar-refractivity contribution in [1.82, 2.24) is 16.2 Å². The molecular formula is C16H23N3OS2. The van der Waals surface area contributed by atoms with E-state index in [1.807, 2.05) is 6.07 Å². The molecule has 1 saturated carbocycles. The summed E-state index contributed by atoms with van der Waals surface area (Å²) in [6.07, 6.45) is 8.24. The van der Waals surface area contributed by atoms with Crippen molar-refractivity contribution >= 4 is 34.6 Å². The van der Waals surface area contributed by atoms with Crippen molar-refractivity contribution in [3.05, 3.63) is 21.4 Å². The van der Waals surface area contributed by atoms with Gasteiger partial charge in [0.25, 0.3) is 5.91 Å². The highest BCUT2D eigenvalue weighted by molar-refractivity contribution is 7.80. The minimum atomic E-state index is -0.0948. The van der Waals surface area contributed by atoms with Gasteiger partial charge in [-0.05, 0) is 61.9 Å². The highest BCUT2D eigenvalue weighted by Crippen LogP contribution is 2.32. The van der Waals surface area contributed by atoms with E-state index < -0.39 is 0 Å². The molecule has 1 aromatic heterocycles. The quantitative estimate of drug-likeness (QED) is 0.574. The second-order valence-corrected chi connectivity index (χ2v) is 7.99. The molecule has 2 aliphatic rings. The normalized spacial score (nSPS) is 21.2. The third-order valence-electron chi connectivity index (χ3n) is 4.53. The van der Waals surface area contributed by atoms with Crippen LogP contribution >= 0.6 is 23.6 Å². The summed E-state index contributed by atoms with van der Waals surface area (Å²) in [6.45, 7) is 2.27. The molecule has 0 radical (unpaired) electrons. The molecule has 0 unspecified atom stereocenters. The fourth-order valence-electron chi connectivity index (χ4n) is 3.28. The molecule has 3 rings (SSSR count). The summed E-state index contributed by atoms with van der Waals surface area (Å²) in [5, 5.41) is 3.76. The minimum Gasteiger partial charge on any atom is -0.359 e. The minimum absolute atomic E-state index is 0.0948. The first-order valence-corrected chi connectivity index (χ1v) is 9.32. The number of amides is 1. The molecule has 0 aliphatic heterocycles. The van der Waals surface area contributed by atoms with Gasteiger partial charge in [0.2, 0.25) is 0 Å². The predicted octanol–water partition coefficient (Wildman–Crippen LogP) is 2.92. The molecule has 4 nitrogen and oxygen atoms in total. The summed E-state index contributed by atoms with van der Waals surface area (Å²) >= 11 is 6.84. The third-order valence-corrected chi connectivity index (χ3v) is 5.99. The van der Waals surface area contributed by atoms with Crippen LogP contribution in [0.5, 0.6) is 0 Å². The summed E-state index contributed by atoms with van der Waals surface area (Å²) < 4.78 is 0. The van der Waals surface area contributed by atoms with Crippen LogP contribution in [0, 0.1) is 5.92 Å². The van der Waals surface area contributed by atoms with Crippen LogP contribution in [-0.2, 0) is 12.8 Å². The van der Waals surface area contributed by atoms with E-state index in [9.17, 15) is 4.79 Å². The Bertz CT molecular complexity index is 564. The first kappa shape index (κ1) is 15.7. The smallest absolute Gasteiger partial charge is 0.279 e. The summed E-state index contributed by atoms with van der Waals surface area (Å²) in [5.74, 6) is 0.627. The Labute approximate surface area is 141 Å². The van der Waals surface area contributed by atoms with Crippen molar-refractivity contribution in [2.75, 3.05) is 0 Å². The summed E-state index contributed by atoms with van der Waals surface area (Å²) in [6, 6.07) is 2.49. The maximum absolute atomic E-state index is 12.2. The first-order chi connectivity index (χ1) is 10.6. The molecule has 0 aromatic carbocycles. The molecule has 120 valence electrons. The van der Waals surface area contributed by atoms with Crippen LogP contribution in [0.25, 0.3) is 0 Å². The number of carbonyl (C=O) groups is 1. The number of hydrazine groups is 1. The van der Waals surface area contributed by atoms with E-state index in [1.165, 1.54) is 29.7 Å². The molecular weight excluding hydrogens is 314 g/mol. The van der Waals surface area contributed by atoms with Crippen molar-refractivity contribution in [2.24, 2.45) is 5.92 Å². The number of nitrogens with one attached hydrogen (secondary N) is 3. The van der Waals surface area contributed by atoms with Gasteiger partial charge in [-0.15, -0.1) is 11.3 Å². The van der Waals surface area contributed by atoms with Crippen LogP contribution in [0.2, 0.25) is 0 Å². The van der Waals surface area contributed by atoms with Gasteiger partial charge in [-0.1, -0.05) is 19.8 Å². The van der Waals surface area contributed by atoms with Crippen LogP contribution in [0.3, 0.4) is 0 Å². The zero-order chi connectivity index (χ0) is 15.5. The van der Waals surface area contributed by atoms with E-state index in [0.717, 1.165) is 36.5 Å². The molecule has 1 amide bonds. The number of fused-ring (bicyclic) bond motifs is 1. The Morgan fingerprint density at radius 2 is 2.05 bits per heavy atom. The van der Waals surface area contributed by atoms with Crippen molar-refractivity contribution in [2.45, 2.75) is 57.9 Å². The number of rotatable bonds is 2. The van der Waals surface area contributed by atoms with Gasteiger partial charge >= 0.3 is 0 Å². The standard InChI is InChI=1S/C16H23N3OS2/c1-10-6-7-13-11(8-10)9-14(22-13)15(20)18-19-16(21)17-12-4-2-3-5-12/h9-10,12H,2-8H2,1H3,(H,18,20)(H2,17,19,21)/t10-/m1/s1. The second kappa shape index (κ2) is 6.96. The molecule has 2 aliphatic carbocycles. The zero-order valence-electron chi connectivity index (χ0n) is 12.9. The molecule has 1 aromatic rings. The van der Waals surface area contributed by atoms with E-state index in [4.69, 9.17) is 12.2 Å². The molecule has 0 saturated heterocycles. The van der Waals surface area contributed by atoms with Crippen LogP contribution in [-0.4, -0.2) is 17.1 Å². The van der Waals surface area contributed by atoms with E-state index in [1.54, 1.807) is 11.3 Å².